The van der Waals surface area contributed by atoms with Crippen LogP contribution in [0, 0.1) is 17.5 Å². The van der Waals surface area contributed by atoms with E-state index in [1.807, 2.05) is 0 Å². The molecule has 2 nitrogen and oxygen atoms in total. The average molecular weight is 199 g/mol. The fourth-order valence-electron chi connectivity index (χ4n) is 1.22. The molecular weight excluding hydrogens is 195 g/mol. The molecule has 0 fully saturated rings. The summed E-state index contributed by atoms with van der Waals surface area (Å²) in [6, 6.07) is 1.78. The molecule has 1 N–H and O–H groups in total. The lowest BCUT2D eigenvalue weighted by atomic mass is 10.2. The summed E-state index contributed by atoms with van der Waals surface area (Å²) >= 11 is 0. The first-order chi connectivity index (χ1) is 6.61. The van der Waals surface area contributed by atoms with E-state index < -0.39 is 22.9 Å². The number of halogens is 3. The van der Waals surface area contributed by atoms with E-state index in [2.05, 4.69) is 4.98 Å². The van der Waals surface area contributed by atoms with Crippen LogP contribution in [-0.4, -0.2) is 4.98 Å². The molecule has 0 unspecified atom stereocenters. The molecule has 14 heavy (non-hydrogen) atoms. The summed E-state index contributed by atoms with van der Waals surface area (Å²) in [6.45, 7) is 0. The molecule has 72 valence electrons. The van der Waals surface area contributed by atoms with Gasteiger partial charge < -0.3 is 4.98 Å². The van der Waals surface area contributed by atoms with Crippen molar-refractivity contribution in [2.75, 3.05) is 0 Å². The van der Waals surface area contributed by atoms with Gasteiger partial charge in [0.05, 0.1) is 10.9 Å². The quantitative estimate of drug-likeness (QED) is 0.646. The first kappa shape index (κ1) is 8.80. The summed E-state index contributed by atoms with van der Waals surface area (Å²) in [7, 11) is 0. The highest BCUT2D eigenvalue weighted by Gasteiger charge is 2.14. The SMILES string of the molecule is O=c1cc[nH]c2c(F)c(F)c(F)cc12. The van der Waals surface area contributed by atoms with Crippen molar-refractivity contribution >= 4 is 10.9 Å². The van der Waals surface area contributed by atoms with Gasteiger partial charge in [0.2, 0.25) is 0 Å². The molecule has 0 aliphatic carbocycles. The summed E-state index contributed by atoms with van der Waals surface area (Å²) < 4.78 is 38.5. The van der Waals surface area contributed by atoms with Gasteiger partial charge in [-0.25, -0.2) is 13.2 Å². The van der Waals surface area contributed by atoms with E-state index in [0.717, 1.165) is 6.07 Å². The summed E-state index contributed by atoms with van der Waals surface area (Å²) in [6.07, 6.45) is 1.17. The molecule has 5 heteroatoms. The molecule has 0 bridgehead atoms. The predicted octanol–water partition coefficient (Wildman–Crippen LogP) is 1.95. The average Bonchev–Trinajstić information content (AvgIpc) is 2.17. The van der Waals surface area contributed by atoms with Crippen LogP contribution in [0.4, 0.5) is 13.2 Å². The maximum absolute atomic E-state index is 13.1. The summed E-state index contributed by atoms with van der Waals surface area (Å²) in [5.41, 5.74) is -0.882. The van der Waals surface area contributed by atoms with Crippen LogP contribution in [0.1, 0.15) is 0 Å². The largest absolute Gasteiger partial charge is 0.358 e. The minimum Gasteiger partial charge on any atom is -0.358 e. The second-order valence-corrected chi connectivity index (χ2v) is 2.75. The first-order valence-corrected chi connectivity index (χ1v) is 3.76. The number of hydrogen-bond donors (Lipinski definition) is 1. The van der Waals surface area contributed by atoms with Crippen LogP contribution in [0.2, 0.25) is 0 Å². The Morgan fingerprint density at radius 1 is 1.14 bits per heavy atom. The van der Waals surface area contributed by atoms with Crippen LogP contribution in [0.3, 0.4) is 0 Å². The van der Waals surface area contributed by atoms with Crippen molar-refractivity contribution in [1.82, 2.24) is 4.98 Å². The number of fused-ring (bicyclic) bond motifs is 1. The van der Waals surface area contributed by atoms with Crippen LogP contribution in [0.5, 0.6) is 0 Å². The fraction of sp³-hybridized carbons (Fsp3) is 0. The molecule has 0 aliphatic heterocycles. The third-order valence-corrected chi connectivity index (χ3v) is 1.89. The molecule has 1 aromatic carbocycles. The molecule has 0 saturated heterocycles. The van der Waals surface area contributed by atoms with Crippen LogP contribution in [0.15, 0.2) is 23.1 Å². The van der Waals surface area contributed by atoms with Gasteiger partial charge in [0.15, 0.2) is 22.9 Å². The van der Waals surface area contributed by atoms with E-state index in [9.17, 15) is 18.0 Å². The Labute approximate surface area is 76.0 Å². The van der Waals surface area contributed by atoms with Gasteiger partial charge in [0, 0.05) is 12.3 Å². The van der Waals surface area contributed by atoms with E-state index in [1.54, 1.807) is 0 Å². The minimum atomic E-state index is -1.58. The number of pyridine rings is 1. The number of H-pyrrole nitrogens is 1. The van der Waals surface area contributed by atoms with Crippen LogP contribution in [0.25, 0.3) is 10.9 Å². The molecule has 1 heterocycles. The van der Waals surface area contributed by atoms with Gasteiger partial charge in [-0.15, -0.1) is 0 Å². The zero-order chi connectivity index (χ0) is 10.3. The molecule has 0 aliphatic rings. The van der Waals surface area contributed by atoms with Gasteiger partial charge in [-0.3, -0.25) is 4.79 Å². The number of benzene rings is 1. The van der Waals surface area contributed by atoms with E-state index in [-0.39, 0.29) is 10.9 Å². The molecule has 0 spiro atoms. The summed E-state index contributed by atoms with van der Waals surface area (Å²) in [5, 5.41) is -0.205. The highest BCUT2D eigenvalue weighted by atomic mass is 19.2. The molecule has 0 atom stereocenters. The van der Waals surface area contributed by atoms with Crippen molar-refractivity contribution in [2.45, 2.75) is 0 Å². The zero-order valence-corrected chi connectivity index (χ0v) is 6.77. The van der Waals surface area contributed by atoms with E-state index >= 15 is 0 Å². The Balaban J connectivity index is 3.06. The Hall–Kier alpha value is -1.78. The Morgan fingerprint density at radius 2 is 1.86 bits per heavy atom. The summed E-state index contributed by atoms with van der Waals surface area (Å²) in [5.74, 6) is -4.33. The van der Waals surface area contributed by atoms with Gasteiger partial charge >= 0.3 is 0 Å². The standard InChI is InChI=1S/C9H4F3NO/c10-5-3-4-6(14)1-2-13-9(4)8(12)7(5)11/h1-3H,(H,13,14). The van der Waals surface area contributed by atoms with Crippen molar-refractivity contribution in [3.8, 4) is 0 Å². The minimum absolute atomic E-state index is 0.205. The molecule has 2 aromatic rings. The number of rotatable bonds is 0. The van der Waals surface area contributed by atoms with Crippen LogP contribution >= 0.6 is 0 Å². The molecule has 0 radical (unpaired) electrons. The van der Waals surface area contributed by atoms with Crippen molar-refractivity contribution in [3.05, 3.63) is 46.0 Å². The lowest BCUT2D eigenvalue weighted by Gasteiger charge is -2.00. The number of hydrogen-bond acceptors (Lipinski definition) is 1. The third-order valence-electron chi connectivity index (χ3n) is 1.89. The highest BCUT2D eigenvalue weighted by Crippen LogP contribution is 2.18. The highest BCUT2D eigenvalue weighted by molar-refractivity contribution is 5.78. The lowest BCUT2D eigenvalue weighted by Crippen LogP contribution is -2.04. The first-order valence-electron chi connectivity index (χ1n) is 3.76. The van der Waals surface area contributed by atoms with Gasteiger partial charge in [0.25, 0.3) is 0 Å². The zero-order valence-electron chi connectivity index (χ0n) is 6.77. The number of aromatic nitrogens is 1. The van der Waals surface area contributed by atoms with Crippen molar-refractivity contribution in [2.24, 2.45) is 0 Å². The number of aromatic amines is 1. The van der Waals surface area contributed by atoms with E-state index in [1.165, 1.54) is 6.20 Å². The van der Waals surface area contributed by atoms with Crippen molar-refractivity contribution in [1.29, 1.82) is 0 Å². The second kappa shape index (κ2) is 2.87. The van der Waals surface area contributed by atoms with Crippen LogP contribution < -0.4 is 5.43 Å². The molecule has 0 saturated carbocycles. The summed E-state index contributed by atoms with van der Waals surface area (Å²) in [4.78, 5) is 13.5. The predicted molar refractivity (Wildman–Crippen MR) is 44.4 cm³/mol. The van der Waals surface area contributed by atoms with Gasteiger partial charge in [-0.2, -0.15) is 0 Å². The molecular formula is C9H4F3NO. The maximum atomic E-state index is 13.1. The second-order valence-electron chi connectivity index (χ2n) is 2.75. The van der Waals surface area contributed by atoms with Crippen molar-refractivity contribution in [3.63, 3.8) is 0 Å². The smallest absolute Gasteiger partial charge is 0.196 e. The third kappa shape index (κ3) is 1.09. The Morgan fingerprint density at radius 3 is 2.57 bits per heavy atom. The van der Waals surface area contributed by atoms with E-state index in [4.69, 9.17) is 0 Å². The van der Waals surface area contributed by atoms with Gasteiger partial charge in [-0.05, 0) is 6.07 Å². The molecule has 2 rings (SSSR count). The van der Waals surface area contributed by atoms with Gasteiger partial charge in [0.1, 0.15) is 0 Å². The topological polar surface area (TPSA) is 32.9 Å². The van der Waals surface area contributed by atoms with Crippen LogP contribution in [-0.2, 0) is 0 Å². The van der Waals surface area contributed by atoms with E-state index in [0.29, 0.717) is 6.07 Å². The maximum Gasteiger partial charge on any atom is 0.196 e. The van der Waals surface area contributed by atoms with Gasteiger partial charge in [-0.1, -0.05) is 0 Å². The Kier molecular flexibility index (Phi) is 1.80. The monoisotopic (exact) mass is 199 g/mol. The molecule has 0 amide bonds. The molecule has 1 aromatic heterocycles. The Bertz CT molecular complexity index is 562. The lowest BCUT2D eigenvalue weighted by molar-refractivity contribution is 0.452. The normalized spacial score (nSPS) is 10.8. The number of nitrogens with one attached hydrogen (secondary N) is 1. The fourth-order valence-corrected chi connectivity index (χ4v) is 1.22. The van der Waals surface area contributed by atoms with Crippen molar-refractivity contribution < 1.29 is 13.2 Å².